The lowest BCUT2D eigenvalue weighted by atomic mass is 10.1. The van der Waals surface area contributed by atoms with Crippen LogP contribution >= 0.6 is 15.5 Å². The number of esters is 2. The van der Waals surface area contributed by atoms with Gasteiger partial charge in [-0.05, 0) is 74.2 Å². The molecule has 62 heavy (non-hydrogen) atoms. The summed E-state index contributed by atoms with van der Waals surface area (Å²) in [4.78, 5) is 45.3. The van der Waals surface area contributed by atoms with Crippen molar-refractivity contribution in [1.29, 1.82) is 0 Å². The third-order valence-electron chi connectivity index (χ3n) is 9.13. The molecule has 0 aliphatic rings. The fraction of sp³-hybridized carbons (Fsp3) is 0.381. The number of nitrogens with zero attached hydrogens (tertiary/aromatic N) is 2. The van der Waals surface area contributed by atoms with Gasteiger partial charge in [0.05, 0.1) is 23.1 Å². The lowest BCUT2D eigenvalue weighted by Gasteiger charge is -2.23. The average Bonchev–Trinajstić information content (AvgIpc) is 3.25. The van der Waals surface area contributed by atoms with E-state index < -0.39 is 49.4 Å². The molecule has 18 nitrogen and oxygen atoms in total. The Bertz CT molecular complexity index is 1950. The molecule has 0 fully saturated rings. The van der Waals surface area contributed by atoms with Gasteiger partial charge in [-0.1, -0.05) is 89.8 Å². The highest BCUT2D eigenvalue weighted by Gasteiger charge is 2.35. The van der Waals surface area contributed by atoms with E-state index in [0.29, 0.717) is 0 Å². The van der Waals surface area contributed by atoms with Crippen molar-refractivity contribution in [1.82, 2.24) is 10.2 Å². The van der Waals surface area contributed by atoms with Gasteiger partial charge < -0.3 is 27.6 Å². The van der Waals surface area contributed by atoms with Gasteiger partial charge in [0.15, 0.2) is 0 Å². The number of nitrogens with one attached hydrogen (secondary N) is 2. The summed E-state index contributed by atoms with van der Waals surface area (Å²) in [6.07, 6.45) is 3.52. The number of hydrogen-bond donors (Lipinski definition) is 2. The molecule has 0 bridgehead atoms. The standard InChI is InChI=1S/2C21H27N2O7P/c2*1-4-17(5-2)15-28-21(24)16(3)22-31(27,29-19-9-7-6-8-10-19)30-20-13-11-18(12-14-20)23(25)26/h2*6-14,16-17H,4-5,15H2,1-3H3,(H,22,27)/t16-,31?;16-,31-/m00/s1. The normalized spacial score (nSPS) is 13.8. The summed E-state index contributed by atoms with van der Waals surface area (Å²) in [5, 5.41) is 26.8. The number of non-ortho nitro benzene ring substituents is 2. The van der Waals surface area contributed by atoms with E-state index in [1.165, 1.54) is 62.4 Å². The Morgan fingerprint density at radius 1 is 0.516 bits per heavy atom. The van der Waals surface area contributed by atoms with Gasteiger partial charge in [0.25, 0.3) is 11.4 Å². The second-order valence-corrected chi connectivity index (χ2v) is 17.1. The highest BCUT2D eigenvalue weighted by molar-refractivity contribution is 7.52. The number of rotatable bonds is 24. The van der Waals surface area contributed by atoms with E-state index in [-0.39, 0.29) is 59.4 Å². The van der Waals surface area contributed by atoms with Crippen molar-refractivity contribution < 1.29 is 56.1 Å². The molecule has 4 aromatic carbocycles. The Kier molecular flexibility index (Phi) is 20.6. The molecule has 0 aliphatic heterocycles. The first-order chi connectivity index (χ1) is 29.5. The maximum Gasteiger partial charge on any atom is 0.513 e. The topological polar surface area (TPSA) is 234 Å². The highest BCUT2D eigenvalue weighted by Crippen LogP contribution is 2.47. The SMILES string of the molecule is CCC(CC)COC(=O)[C@H](C)NP(=O)(Oc1ccccc1)Oc1ccc([N+](=O)[O-])cc1.CCC(CC)COC(=O)[C@H](C)N[P@](=O)(Oc1ccccc1)Oc1ccc([N+](=O)[O-])cc1. The van der Waals surface area contributed by atoms with Crippen LogP contribution in [0.25, 0.3) is 0 Å². The minimum absolute atomic E-state index is 0.0787. The zero-order chi connectivity index (χ0) is 45.7. The Labute approximate surface area is 361 Å². The quantitative estimate of drug-likeness (QED) is 0.0288. The second-order valence-electron chi connectivity index (χ2n) is 13.8. The van der Waals surface area contributed by atoms with E-state index in [1.807, 2.05) is 27.7 Å². The van der Waals surface area contributed by atoms with E-state index >= 15 is 0 Å². The molecule has 1 unspecified atom stereocenters. The molecule has 4 rings (SSSR count). The van der Waals surface area contributed by atoms with Crippen molar-refractivity contribution in [2.24, 2.45) is 11.8 Å². The van der Waals surface area contributed by atoms with E-state index in [4.69, 9.17) is 27.6 Å². The van der Waals surface area contributed by atoms with E-state index in [2.05, 4.69) is 10.2 Å². The molecule has 0 saturated heterocycles. The number of nitro benzene ring substituents is 2. The predicted molar refractivity (Wildman–Crippen MR) is 232 cm³/mol. The molecule has 0 heterocycles. The van der Waals surface area contributed by atoms with Gasteiger partial charge in [0.2, 0.25) is 0 Å². The summed E-state index contributed by atoms with van der Waals surface area (Å²) in [6.45, 7) is 11.6. The van der Waals surface area contributed by atoms with Crippen molar-refractivity contribution in [2.45, 2.75) is 79.3 Å². The zero-order valence-electron chi connectivity index (χ0n) is 35.4. The van der Waals surface area contributed by atoms with Crippen LogP contribution in [0.1, 0.15) is 67.2 Å². The molecular weight excluding hydrogens is 846 g/mol. The number of carbonyl (C=O) groups excluding carboxylic acids is 2. The fourth-order valence-electron chi connectivity index (χ4n) is 5.20. The zero-order valence-corrected chi connectivity index (χ0v) is 37.2. The Balaban J connectivity index is 0.000000330. The predicted octanol–water partition coefficient (Wildman–Crippen LogP) is 10.2. The molecular formula is C42H54N4O14P2. The molecule has 0 spiro atoms. The third-order valence-corrected chi connectivity index (χ3v) is 12.3. The minimum atomic E-state index is -4.09. The second kappa shape index (κ2) is 25.2. The molecule has 4 atom stereocenters. The molecule has 2 N–H and O–H groups in total. The highest BCUT2D eigenvalue weighted by atomic mass is 31.2. The maximum absolute atomic E-state index is 13.4. The summed E-state index contributed by atoms with van der Waals surface area (Å²) in [5.41, 5.74) is -0.282. The van der Waals surface area contributed by atoms with Crippen LogP contribution in [0.3, 0.4) is 0 Å². The van der Waals surface area contributed by atoms with Gasteiger partial charge >= 0.3 is 27.4 Å². The number of ether oxygens (including phenoxy) is 2. The van der Waals surface area contributed by atoms with E-state index in [1.54, 1.807) is 60.7 Å². The summed E-state index contributed by atoms with van der Waals surface area (Å²) < 4.78 is 59.7. The summed E-state index contributed by atoms with van der Waals surface area (Å²) in [5.74, 6) is 0.00699. The van der Waals surface area contributed by atoms with Crippen LogP contribution in [0, 0.1) is 32.1 Å². The van der Waals surface area contributed by atoms with E-state index in [0.717, 1.165) is 25.7 Å². The van der Waals surface area contributed by atoms with Crippen LogP contribution in [0.4, 0.5) is 11.4 Å². The van der Waals surface area contributed by atoms with Gasteiger partial charge in [-0.2, -0.15) is 10.2 Å². The largest absolute Gasteiger partial charge is 0.513 e. The molecule has 20 heteroatoms. The Morgan fingerprint density at radius 2 is 0.790 bits per heavy atom. The van der Waals surface area contributed by atoms with Crippen molar-refractivity contribution in [3.63, 3.8) is 0 Å². The van der Waals surface area contributed by atoms with Gasteiger partial charge in [0.1, 0.15) is 35.1 Å². The van der Waals surface area contributed by atoms with E-state index in [9.17, 15) is 38.9 Å². The lowest BCUT2D eigenvalue weighted by molar-refractivity contribution is -0.385. The summed E-state index contributed by atoms with van der Waals surface area (Å²) >= 11 is 0. The van der Waals surface area contributed by atoms with Crippen LogP contribution in [0.15, 0.2) is 109 Å². The van der Waals surface area contributed by atoms with Gasteiger partial charge in [-0.3, -0.25) is 29.8 Å². The summed E-state index contributed by atoms with van der Waals surface area (Å²) in [7, 11) is -8.19. The van der Waals surface area contributed by atoms with Gasteiger partial charge in [0, 0.05) is 24.3 Å². The van der Waals surface area contributed by atoms with Crippen LogP contribution in [0.2, 0.25) is 0 Å². The number of carbonyl (C=O) groups is 2. The van der Waals surface area contributed by atoms with Crippen LogP contribution in [-0.2, 0) is 28.2 Å². The monoisotopic (exact) mass is 900 g/mol. The maximum atomic E-state index is 13.4. The molecule has 0 radical (unpaired) electrons. The fourth-order valence-corrected chi connectivity index (χ4v) is 8.24. The van der Waals surface area contributed by atoms with Crippen LogP contribution in [-0.4, -0.2) is 47.1 Å². The third kappa shape index (κ3) is 17.3. The Hall–Kier alpha value is -5.80. The van der Waals surface area contributed by atoms with Crippen molar-refractivity contribution in [3.8, 4) is 23.0 Å². The van der Waals surface area contributed by atoms with Gasteiger partial charge in [-0.25, -0.2) is 9.13 Å². The van der Waals surface area contributed by atoms with Crippen molar-refractivity contribution >= 4 is 38.8 Å². The molecule has 336 valence electrons. The first-order valence-corrected chi connectivity index (χ1v) is 23.1. The summed E-state index contributed by atoms with van der Waals surface area (Å²) in [6, 6.07) is 24.8. The first kappa shape index (κ1) is 50.6. The molecule has 0 aliphatic carbocycles. The lowest BCUT2D eigenvalue weighted by Crippen LogP contribution is -2.36. The molecule has 0 aromatic heterocycles. The van der Waals surface area contributed by atoms with Crippen molar-refractivity contribution in [2.75, 3.05) is 13.2 Å². The minimum Gasteiger partial charge on any atom is -0.464 e. The smallest absolute Gasteiger partial charge is 0.464 e. The number of hydrogen-bond acceptors (Lipinski definition) is 14. The van der Waals surface area contributed by atoms with Crippen LogP contribution in [0.5, 0.6) is 23.0 Å². The molecule has 0 saturated carbocycles. The van der Waals surface area contributed by atoms with Crippen LogP contribution < -0.4 is 28.3 Å². The molecule has 0 amide bonds. The van der Waals surface area contributed by atoms with Crippen molar-refractivity contribution in [3.05, 3.63) is 129 Å². The molecule has 4 aromatic rings. The average molecular weight is 901 g/mol. The van der Waals surface area contributed by atoms with Gasteiger partial charge in [-0.15, -0.1) is 0 Å². The number of benzene rings is 4. The Morgan fingerprint density at radius 3 is 1.05 bits per heavy atom. The first-order valence-electron chi connectivity index (χ1n) is 20.0. The number of nitro groups is 2. The number of para-hydroxylation sites is 2.